The summed E-state index contributed by atoms with van der Waals surface area (Å²) in [5.74, 6) is -6.81. The first-order chi connectivity index (χ1) is 14.6. The lowest BCUT2D eigenvalue weighted by Gasteiger charge is -2.20. The van der Waals surface area contributed by atoms with Gasteiger partial charge in [0.05, 0.1) is 33.8 Å². The second-order valence-corrected chi connectivity index (χ2v) is 7.16. The molecule has 2 aromatic carbocycles. The van der Waals surface area contributed by atoms with Gasteiger partial charge in [0.15, 0.2) is 11.6 Å². The van der Waals surface area contributed by atoms with Crippen LogP contribution in [0.1, 0.15) is 34.6 Å². The highest BCUT2D eigenvalue weighted by atomic mass is 32.2. The van der Waals surface area contributed by atoms with Crippen molar-refractivity contribution in [2.24, 2.45) is 0 Å². The van der Waals surface area contributed by atoms with E-state index in [0.29, 0.717) is 12.1 Å². The van der Waals surface area contributed by atoms with Gasteiger partial charge in [0.25, 0.3) is 0 Å². The summed E-state index contributed by atoms with van der Waals surface area (Å²) in [4.78, 5) is 37.4. The number of hydrogen-bond acceptors (Lipinski definition) is 5. The van der Waals surface area contributed by atoms with E-state index in [1.54, 1.807) is 0 Å². The van der Waals surface area contributed by atoms with Gasteiger partial charge in [-0.2, -0.15) is 0 Å². The summed E-state index contributed by atoms with van der Waals surface area (Å²) in [6.45, 7) is 2.33. The van der Waals surface area contributed by atoms with Crippen LogP contribution < -0.4 is 5.43 Å². The zero-order valence-electron chi connectivity index (χ0n) is 16.5. The molecule has 0 unspecified atom stereocenters. The Bertz CT molecular complexity index is 1300. The molecule has 0 aliphatic rings. The lowest BCUT2D eigenvalue weighted by molar-refractivity contribution is 0.0519. The number of nitrogens with zero attached hydrogens (tertiary/aromatic N) is 1. The second-order valence-electron chi connectivity index (χ2n) is 6.36. The van der Waals surface area contributed by atoms with E-state index < -0.39 is 68.2 Å². The van der Waals surface area contributed by atoms with Crippen molar-refractivity contribution in [1.29, 1.82) is 0 Å². The number of halogens is 4. The molecule has 3 rings (SSSR count). The standard InChI is InChI=1S/C21H15F4NO4S/c1-4-30-21(29)16-19(28)11-8-13(24)15(9(2)27)17(25)18(11)26(20(16)31-3)14-6-5-10(22)7-12(14)23/h5-8H,4H2,1-3H3. The molecule has 0 saturated heterocycles. The fourth-order valence-electron chi connectivity index (χ4n) is 3.24. The number of ketones is 1. The average Bonchev–Trinajstić information content (AvgIpc) is 2.68. The highest BCUT2D eigenvalue weighted by molar-refractivity contribution is 7.98. The predicted molar refractivity (Wildman–Crippen MR) is 107 cm³/mol. The molecular weight excluding hydrogens is 438 g/mol. The molecular formula is C21H15F4NO4S. The molecule has 10 heteroatoms. The van der Waals surface area contributed by atoms with E-state index in [1.165, 1.54) is 13.2 Å². The van der Waals surface area contributed by atoms with Crippen molar-refractivity contribution in [3.05, 3.63) is 68.9 Å². The lowest BCUT2D eigenvalue weighted by atomic mass is 10.0. The van der Waals surface area contributed by atoms with Gasteiger partial charge in [-0.3, -0.25) is 14.2 Å². The van der Waals surface area contributed by atoms with Gasteiger partial charge < -0.3 is 4.74 Å². The van der Waals surface area contributed by atoms with Gasteiger partial charge >= 0.3 is 5.97 Å². The van der Waals surface area contributed by atoms with Crippen LogP contribution in [0.15, 0.2) is 34.1 Å². The molecule has 1 aromatic heterocycles. The van der Waals surface area contributed by atoms with E-state index in [0.717, 1.165) is 35.4 Å². The third-order valence-electron chi connectivity index (χ3n) is 4.48. The molecule has 0 amide bonds. The second kappa shape index (κ2) is 8.54. The summed E-state index contributed by atoms with van der Waals surface area (Å²) in [5, 5.41) is -0.828. The van der Waals surface area contributed by atoms with E-state index in [2.05, 4.69) is 0 Å². The van der Waals surface area contributed by atoms with Crippen LogP contribution in [0.3, 0.4) is 0 Å². The molecule has 0 atom stereocenters. The minimum atomic E-state index is -1.41. The molecule has 1 heterocycles. The van der Waals surface area contributed by atoms with Crippen LogP contribution in [-0.4, -0.2) is 29.2 Å². The maximum Gasteiger partial charge on any atom is 0.344 e. The Morgan fingerprint density at radius 2 is 1.74 bits per heavy atom. The highest BCUT2D eigenvalue weighted by Gasteiger charge is 2.29. The number of carbonyl (C=O) groups is 2. The van der Waals surface area contributed by atoms with Gasteiger partial charge in [-0.1, -0.05) is 0 Å². The van der Waals surface area contributed by atoms with Crippen molar-refractivity contribution in [3.8, 4) is 5.69 Å². The quantitative estimate of drug-likeness (QED) is 0.244. The van der Waals surface area contributed by atoms with Gasteiger partial charge in [-0.25, -0.2) is 22.4 Å². The van der Waals surface area contributed by atoms with Crippen molar-refractivity contribution in [2.45, 2.75) is 18.9 Å². The molecule has 0 spiro atoms. The predicted octanol–water partition coefficient (Wildman–Crippen LogP) is 4.65. The summed E-state index contributed by atoms with van der Waals surface area (Å²) in [7, 11) is 0. The molecule has 5 nitrogen and oxygen atoms in total. The summed E-state index contributed by atoms with van der Waals surface area (Å²) < 4.78 is 63.8. The number of carbonyl (C=O) groups excluding carboxylic acids is 2. The average molecular weight is 453 g/mol. The summed E-state index contributed by atoms with van der Waals surface area (Å²) >= 11 is 0.797. The first kappa shape index (κ1) is 22.5. The van der Waals surface area contributed by atoms with Crippen molar-refractivity contribution < 1.29 is 31.9 Å². The Balaban J connectivity index is 2.67. The summed E-state index contributed by atoms with van der Waals surface area (Å²) in [6, 6.07) is 3.01. The number of esters is 1. The molecule has 31 heavy (non-hydrogen) atoms. The molecule has 0 aliphatic heterocycles. The SMILES string of the molecule is CCOC(=O)c1c(SC)n(-c2ccc(F)cc2F)c2c(F)c(C(C)=O)c(F)cc2c1=O. The van der Waals surface area contributed by atoms with Crippen LogP contribution >= 0.6 is 11.8 Å². The monoisotopic (exact) mass is 453 g/mol. The third kappa shape index (κ3) is 3.71. The number of Topliss-reactive ketones (excluding diaryl/α,β-unsaturated/α-hetero) is 1. The normalized spacial score (nSPS) is 11.1. The van der Waals surface area contributed by atoms with E-state index in [9.17, 15) is 27.6 Å². The highest BCUT2D eigenvalue weighted by Crippen LogP contribution is 2.33. The Morgan fingerprint density at radius 3 is 2.29 bits per heavy atom. The number of thioether (sulfide) groups is 1. The molecule has 0 bridgehead atoms. The zero-order valence-corrected chi connectivity index (χ0v) is 17.3. The molecule has 0 aliphatic carbocycles. The fourth-order valence-corrected chi connectivity index (χ4v) is 3.99. The largest absolute Gasteiger partial charge is 0.462 e. The maximum absolute atomic E-state index is 15.4. The Labute approximate surface area is 177 Å². The van der Waals surface area contributed by atoms with Crippen molar-refractivity contribution in [1.82, 2.24) is 4.57 Å². The van der Waals surface area contributed by atoms with Gasteiger partial charge in [-0.15, -0.1) is 11.8 Å². The molecule has 0 saturated carbocycles. The summed E-state index contributed by atoms with van der Waals surface area (Å²) in [5.41, 5.74) is -3.59. The Morgan fingerprint density at radius 1 is 1.06 bits per heavy atom. The number of aromatic nitrogens is 1. The van der Waals surface area contributed by atoms with Crippen LogP contribution in [-0.2, 0) is 4.74 Å². The lowest BCUT2D eigenvalue weighted by Crippen LogP contribution is -2.25. The van der Waals surface area contributed by atoms with Gasteiger partial charge in [-0.05, 0) is 38.3 Å². The van der Waals surface area contributed by atoms with Gasteiger partial charge in [0, 0.05) is 6.07 Å². The minimum Gasteiger partial charge on any atom is -0.462 e. The molecule has 162 valence electrons. The Kier molecular flexibility index (Phi) is 6.21. The van der Waals surface area contributed by atoms with Gasteiger partial charge in [0.2, 0.25) is 5.43 Å². The van der Waals surface area contributed by atoms with Crippen LogP contribution in [0.4, 0.5) is 17.6 Å². The van der Waals surface area contributed by atoms with Crippen molar-refractivity contribution >= 4 is 34.4 Å². The number of benzene rings is 2. The van der Waals surface area contributed by atoms with Crippen molar-refractivity contribution in [2.75, 3.05) is 12.9 Å². The van der Waals surface area contributed by atoms with E-state index in [-0.39, 0.29) is 11.6 Å². The number of rotatable bonds is 5. The van der Waals surface area contributed by atoms with Crippen LogP contribution in [0.5, 0.6) is 0 Å². The fraction of sp³-hybridized carbons (Fsp3) is 0.190. The molecule has 0 radical (unpaired) electrons. The van der Waals surface area contributed by atoms with E-state index in [4.69, 9.17) is 4.74 Å². The van der Waals surface area contributed by atoms with Gasteiger partial charge in [0.1, 0.15) is 23.0 Å². The number of ether oxygens (including phenoxy) is 1. The van der Waals surface area contributed by atoms with E-state index in [1.807, 2.05) is 0 Å². The topological polar surface area (TPSA) is 65.4 Å². The number of hydrogen-bond donors (Lipinski definition) is 0. The molecule has 0 fully saturated rings. The van der Waals surface area contributed by atoms with Crippen LogP contribution in [0.2, 0.25) is 0 Å². The van der Waals surface area contributed by atoms with Crippen LogP contribution in [0.25, 0.3) is 16.6 Å². The summed E-state index contributed by atoms with van der Waals surface area (Å²) in [6.07, 6.45) is 1.44. The zero-order chi connectivity index (χ0) is 23.0. The van der Waals surface area contributed by atoms with Crippen LogP contribution in [0, 0.1) is 23.3 Å². The molecule has 0 N–H and O–H groups in total. The van der Waals surface area contributed by atoms with Crippen molar-refractivity contribution in [3.63, 3.8) is 0 Å². The Hall–Kier alpha value is -3.14. The number of pyridine rings is 1. The number of fused-ring (bicyclic) bond motifs is 1. The van der Waals surface area contributed by atoms with E-state index >= 15 is 4.39 Å². The first-order valence-corrected chi connectivity index (χ1v) is 10.1. The minimum absolute atomic E-state index is 0.0962. The maximum atomic E-state index is 15.4. The first-order valence-electron chi connectivity index (χ1n) is 8.92. The smallest absolute Gasteiger partial charge is 0.344 e. The molecule has 3 aromatic rings. The third-order valence-corrected chi connectivity index (χ3v) is 5.25.